The van der Waals surface area contributed by atoms with Gasteiger partial charge in [0.1, 0.15) is 0 Å². The van der Waals surface area contributed by atoms with Gasteiger partial charge in [-0.2, -0.15) is 0 Å². The molecule has 126 valence electrons. The molecule has 0 unspecified atom stereocenters. The largest absolute Gasteiger partial charge is 0.322 e. The quantitative estimate of drug-likeness (QED) is 0.672. The normalized spacial score (nSPS) is 13.0. The predicted molar refractivity (Wildman–Crippen MR) is 96.1 cm³/mol. The molecule has 0 aliphatic carbocycles. The van der Waals surface area contributed by atoms with Gasteiger partial charge in [0.05, 0.1) is 11.1 Å². The van der Waals surface area contributed by atoms with E-state index in [0.717, 1.165) is 10.5 Å². The Balaban J connectivity index is 1.90. The first-order valence-corrected chi connectivity index (χ1v) is 7.99. The molecule has 2 aromatic carbocycles. The van der Waals surface area contributed by atoms with E-state index in [2.05, 4.69) is 11.9 Å². The van der Waals surface area contributed by atoms with Crippen molar-refractivity contribution in [1.82, 2.24) is 4.90 Å². The van der Waals surface area contributed by atoms with Crippen molar-refractivity contribution in [2.75, 3.05) is 11.9 Å². The molecule has 3 amide bonds. The standard InChI is InChI=1S/C19H15ClN2O3/c1-3-9-22-18(24)13-8-7-12(10-14(13)19(22)25)17(23)21-16-6-4-5-15(20)11(16)2/h3-8,10H,1,9H2,2H3,(H,21,23). The van der Waals surface area contributed by atoms with Crippen LogP contribution in [0.15, 0.2) is 49.1 Å². The van der Waals surface area contributed by atoms with Gasteiger partial charge in [0.15, 0.2) is 0 Å². The monoisotopic (exact) mass is 354 g/mol. The van der Waals surface area contributed by atoms with E-state index in [4.69, 9.17) is 11.6 Å². The summed E-state index contributed by atoms with van der Waals surface area (Å²) in [5.41, 5.74) is 2.15. The number of hydrogen-bond acceptors (Lipinski definition) is 3. The zero-order valence-electron chi connectivity index (χ0n) is 13.5. The molecule has 0 atom stereocenters. The first-order chi connectivity index (χ1) is 11.9. The van der Waals surface area contributed by atoms with Gasteiger partial charge in [0.25, 0.3) is 17.7 Å². The average Bonchev–Trinajstić information content (AvgIpc) is 2.84. The maximum absolute atomic E-state index is 12.5. The third kappa shape index (κ3) is 2.94. The number of amides is 3. The number of nitrogens with one attached hydrogen (secondary N) is 1. The molecule has 0 fully saturated rings. The van der Waals surface area contributed by atoms with Gasteiger partial charge in [0, 0.05) is 22.8 Å². The lowest BCUT2D eigenvalue weighted by Crippen LogP contribution is -2.29. The molecule has 5 nitrogen and oxygen atoms in total. The van der Waals surface area contributed by atoms with Crippen LogP contribution in [0.3, 0.4) is 0 Å². The van der Waals surface area contributed by atoms with E-state index < -0.39 is 5.91 Å². The molecule has 0 spiro atoms. The summed E-state index contributed by atoms with van der Waals surface area (Å²) in [4.78, 5) is 38.1. The van der Waals surface area contributed by atoms with Crippen LogP contribution in [0.4, 0.5) is 5.69 Å². The number of imide groups is 1. The Morgan fingerprint density at radius 2 is 1.92 bits per heavy atom. The summed E-state index contributed by atoms with van der Waals surface area (Å²) >= 11 is 6.05. The SMILES string of the molecule is C=CCN1C(=O)c2ccc(C(=O)Nc3cccc(Cl)c3C)cc2C1=O. The zero-order chi connectivity index (χ0) is 18.1. The molecule has 6 heteroatoms. The molecule has 0 aromatic heterocycles. The van der Waals surface area contributed by atoms with Crippen molar-refractivity contribution in [3.05, 3.63) is 76.3 Å². The second-order valence-corrected chi connectivity index (χ2v) is 6.04. The van der Waals surface area contributed by atoms with Gasteiger partial charge in [-0.1, -0.05) is 23.7 Å². The zero-order valence-corrected chi connectivity index (χ0v) is 14.3. The van der Waals surface area contributed by atoms with Crippen molar-refractivity contribution in [1.29, 1.82) is 0 Å². The molecular formula is C19H15ClN2O3. The van der Waals surface area contributed by atoms with Crippen LogP contribution in [0.25, 0.3) is 0 Å². The Bertz CT molecular complexity index is 921. The number of halogens is 1. The maximum atomic E-state index is 12.5. The average molecular weight is 355 g/mol. The number of anilines is 1. The molecule has 2 aromatic rings. The molecule has 1 heterocycles. The Morgan fingerprint density at radius 1 is 1.20 bits per heavy atom. The van der Waals surface area contributed by atoms with E-state index in [1.807, 2.05) is 0 Å². The van der Waals surface area contributed by atoms with E-state index in [9.17, 15) is 14.4 Å². The Kier molecular flexibility index (Phi) is 4.42. The van der Waals surface area contributed by atoms with E-state index in [1.54, 1.807) is 25.1 Å². The fraction of sp³-hybridized carbons (Fsp3) is 0.105. The molecule has 1 aliphatic heterocycles. The van der Waals surface area contributed by atoms with Crippen molar-refractivity contribution >= 4 is 35.0 Å². The fourth-order valence-electron chi connectivity index (χ4n) is 2.66. The summed E-state index contributed by atoms with van der Waals surface area (Å²) < 4.78 is 0. The Morgan fingerprint density at radius 3 is 2.64 bits per heavy atom. The third-order valence-corrected chi connectivity index (χ3v) is 4.47. The summed E-state index contributed by atoms with van der Waals surface area (Å²) in [5, 5.41) is 3.32. The lowest BCUT2D eigenvalue weighted by molar-refractivity contribution is 0.0672. The maximum Gasteiger partial charge on any atom is 0.261 e. The van der Waals surface area contributed by atoms with E-state index >= 15 is 0 Å². The van der Waals surface area contributed by atoms with Crippen LogP contribution >= 0.6 is 11.6 Å². The second-order valence-electron chi connectivity index (χ2n) is 5.64. The summed E-state index contributed by atoms with van der Waals surface area (Å²) in [5.74, 6) is -1.18. The Hall–Kier alpha value is -2.92. The highest BCUT2D eigenvalue weighted by Gasteiger charge is 2.35. The van der Waals surface area contributed by atoms with Gasteiger partial charge in [0.2, 0.25) is 0 Å². The van der Waals surface area contributed by atoms with Crippen LogP contribution in [0, 0.1) is 6.92 Å². The smallest absolute Gasteiger partial charge is 0.261 e. The fourth-order valence-corrected chi connectivity index (χ4v) is 2.84. The van der Waals surface area contributed by atoms with Crippen LogP contribution in [-0.2, 0) is 0 Å². The van der Waals surface area contributed by atoms with Crippen LogP contribution in [-0.4, -0.2) is 29.2 Å². The number of carbonyl (C=O) groups excluding carboxylic acids is 3. The number of nitrogens with zero attached hydrogens (tertiary/aromatic N) is 1. The van der Waals surface area contributed by atoms with E-state index in [-0.39, 0.29) is 23.9 Å². The summed E-state index contributed by atoms with van der Waals surface area (Å²) in [6, 6.07) is 9.68. The van der Waals surface area contributed by atoms with Crippen molar-refractivity contribution in [2.24, 2.45) is 0 Å². The number of hydrogen-bond donors (Lipinski definition) is 1. The molecule has 0 saturated heterocycles. The van der Waals surface area contributed by atoms with Crippen LogP contribution < -0.4 is 5.32 Å². The van der Waals surface area contributed by atoms with Gasteiger partial charge in [-0.05, 0) is 42.8 Å². The van der Waals surface area contributed by atoms with E-state index in [0.29, 0.717) is 21.8 Å². The first kappa shape index (κ1) is 16.9. The Labute approximate surface area is 149 Å². The van der Waals surface area contributed by atoms with Gasteiger partial charge < -0.3 is 5.32 Å². The molecular weight excluding hydrogens is 340 g/mol. The van der Waals surface area contributed by atoms with Crippen LogP contribution in [0.2, 0.25) is 5.02 Å². The summed E-state index contributed by atoms with van der Waals surface area (Å²) in [6.07, 6.45) is 1.48. The van der Waals surface area contributed by atoms with E-state index in [1.165, 1.54) is 24.3 Å². The molecule has 0 bridgehead atoms. The molecule has 1 N–H and O–H groups in total. The van der Waals surface area contributed by atoms with Crippen molar-refractivity contribution < 1.29 is 14.4 Å². The number of fused-ring (bicyclic) bond motifs is 1. The highest BCUT2D eigenvalue weighted by Crippen LogP contribution is 2.26. The minimum atomic E-state index is -0.423. The summed E-state index contributed by atoms with van der Waals surface area (Å²) in [7, 11) is 0. The number of rotatable bonds is 4. The molecule has 3 rings (SSSR count). The topological polar surface area (TPSA) is 66.5 Å². The minimum Gasteiger partial charge on any atom is -0.322 e. The molecule has 1 aliphatic rings. The van der Waals surface area contributed by atoms with Crippen molar-refractivity contribution in [2.45, 2.75) is 6.92 Å². The van der Waals surface area contributed by atoms with Gasteiger partial charge >= 0.3 is 0 Å². The first-order valence-electron chi connectivity index (χ1n) is 7.61. The highest BCUT2D eigenvalue weighted by atomic mass is 35.5. The van der Waals surface area contributed by atoms with Crippen LogP contribution in [0.1, 0.15) is 36.6 Å². The molecule has 25 heavy (non-hydrogen) atoms. The van der Waals surface area contributed by atoms with Gasteiger partial charge in [-0.15, -0.1) is 6.58 Å². The second kappa shape index (κ2) is 6.53. The highest BCUT2D eigenvalue weighted by molar-refractivity contribution is 6.31. The molecule has 0 saturated carbocycles. The lowest BCUT2D eigenvalue weighted by atomic mass is 10.0. The molecule has 0 radical (unpaired) electrons. The predicted octanol–water partition coefficient (Wildman–Crippen LogP) is 3.68. The van der Waals surface area contributed by atoms with Gasteiger partial charge in [-0.3, -0.25) is 19.3 Å². The third-order valence-electron chi connectivity index (χ3n) is 4.06. The van der Waals surface area contributed by atoms with Crippen molar-refractivity contribution in [3.63, 3.8) is 0 Å². The van der Waals surface area contributed by atoms with Crippen LogP contribution in [0.5, 0.6) is 0 Å². The summed E-state index contributed by atoms with van der Waals surface area (Å²) in [6.45, 7) is 5.48. The number of carbonyl (C=O) groups is 3. The van der Waals surface area contributed by atoms with Gasteiger partial charge in [-0.25, -0.2) is 0 Å². The minimum absolute atomic E-state index is 0.135. The van der Waals surface area contributed by atoms with Crippen molar-refractivity contribution in [3.8, 4) is 0 Å². The number of benzene rings is 2. The lowest BCUT2D eigenvalue weighted by Gasteiger charge is -2.10.